The molecule has 12 heteroatoms. The van der Waals surface area contributed by atoms with Crippen molar-refractivity contribution in [2.45, 2.75) is 31.8 Å². The molecule has 2 heterocycles. The van der Waals surface area contributed by atoms with Crippen LogP contribution >= 0.6 is 34.8 Å². The maximum absolute atomic E-state index is 13.8. The number of sulfonamides is 1. The SMILES string of the molecule is COC(=O)C1=C(C)N(c2cc(Cl)cc(Cl)c2)C(=O)/C1=C/c1ccc(CN(Cc2ccc(C)cc2)S(=O)(=O)c2ccc(Cl)cc2)o1. The summed E-state index contributed by atoms with van der Waals surface area (Å²) in [5, 5.41) is 1.04. The number of carbonyl (C=O) groups excluding carboxylic acids is 2. The fourth-order valence-corrected chi connectivity index (χ4v) is 6.95. The Hall–Kier alpha value is -3.86. The van der Waals surface area contributed by atoms with Crippen molar-refractivity contribution in [3.8, 4) is 0 Å². The number of esters is 1. The maximum atomic E-state index is 13.8. The molecule has 45 heavy (non-hydrogen) atoms. The van der Waals surface area contributed by atoms with Crippen molar-refractivity contribution in [1.29, 1.82) is 0 Å². The standard InChI is InChI=1S/C33H27Cl3N2O6S/c1-20-4-6-22(7-5-20)18-37(45(41,42)29-12-8-23(34)9-13-29)19-28-11-10-27(44-28)17-30-31(33(40)43-3)21(2)38(32(30)39)26-15-24(35)14-25(36)16-26/h4-17H,18-19H2,1-3H3/b30-17+. The van der Waals surface area contributed by atoms with E-state index in [0.29, 0.717) is 32.2 Å². The molecule has 232 valence electrons. The van der Waals surface area contributed by atoms with E-state index in [0.717, 1.165) is 11.1 Å². The molecule has 1 aromatic heterocycles. The van der Waals surface area contributed by atoms with E-state index in [1.165, 1.54) is 52.7 Å². The third-order valence-corrected chi connectivity index (χ3v) is 9.62. The Kier molecular flexibility index (Phi) is 9.57. The van der Waals surface area contributed by atoms with E-state index in [9.17, 15) is 18.0 Å². The lowest BCUT2D eigenvalue weighted by Gasteiger charge is -2.21. The highest BCUT2D eigenvalue weighted by molar-refractivity contribution is 7.89. The van der Waals surface area contributed by atoms with Gasteiger partial charge in [0, 0.05) is 27.3 Å². The lowest BCUT2D eigenvalue weighted by molar-refractivity contribution is -0.136. The van der Waals surface area contributed by atoms with Crippen LogP contribution < -0.4 is 4.90 Å². The quantitative estimate of drug-likeness (QED) is 0.132. The molecule has 0 spiro atoms. The molecule has 0 saturated carbocycles. The summed E-state index contributed by atoms with van der Waals surface area (Å²) in [4.78, 5) is 27.9. The number of allylic oxidation sites excluding steroid dienone is 1. The number of hydrogen-bond acceptors (Lipinski definition) is 6. The molecular formula is C33H27Cl3N2O6S. The first-order valence-corrected chi connectivity index (χ1v) is 16.2. The number of hydrogen-bond donors (Lipinski definition) is 0. The average Bonchev–Trinajstić information content (AvgIpc) is 3.53. The molecule has 0 radical (unpaired) electrons. The van der Waals surface area contributed by atoms with Crippen molar-refractivity contribution in [1.82, 2.24) is 4.31 Å². The number of halogens is 3. The Morgan fingerprint density at radius 1 is 0.889 bits per heavy atom. The average molecular weight is 686 g/mol. The fourth-order valence-electron chi connectivity index (χ4n) is 4.91. The Morgan fingerprint density at radius 3 is 2.16 bits per heavy atom. The number of methoxy groups -OCH3 is 1. The lowest BCUT2D eigenvalue weighted by Crippen LogP contribution is -2.30. The van der Waals surface area contributed by atoms with Crippen molar-refractivity contribution in [2.24, 2.45) is 0 Å². The number of aryl methyl sites for hydroxylation is 1. The summed E-state index contributed by atoms with van der Waals surface area (Å²) in [6, 6.07) is 21.3. The number of anilines is 1. The third kappa shape index (κ3) is 7.03. The van der Waals surface area contributed by atoms with Gasteiger partial charge in [-0.25, -0.2) is 13.2 Å². The largest absolute Gasteiger partial charge is 0.465 e. The molecule has 0 fully saturated rings. The van der Waals surface area contributed by atoms with Gasteiger partial charge in [-0.2, -0.15) is 4.31 Å². The number of nitrogens with zero attached hydrogens (tertiary/aromatic N) is 2. The van der Waals surface area contributed by atoms with Crippen LogP contribution in [0.5, 0.6) is 0 Å². The van der Waals surface area contributed by atoms with Gasteiger partial charge in [0.1, 0.15) is 11.5 Å². The fraction of sp³-hybridized carbons (Fsp3) is 0.152. The van der Waals surface area contributed by atoms with Gasteiger partial charge in [0.05, 0.1) is 35.4 Å². The number of furan rings is 1. The Balaban J connectivity index is 1.49. The molecule has 1 amide bonds. The second-order valence-electron chi connectivity index (χ2n) is 10.3. The molecule has 0 atom stereocenters. The lowest BCUT2D eigenvalue weighted by atomic mass is 10.1. The minimum atomic E-state index is -3.97. The van der Waals surface area contributed by atoms with Crippen LogP contribution in [0, 0.1) is 6.92 Å². The normalized spacial score (nSPS) is 14.6. The predicted octanol–water partition coefficient (Wildman–Crippen LogP) is 7.82. The van der Waals surface area contributed by atoms with Gasteiger partial charge in [-0.3, -0.25) is 9.69 Å². The van der Waals surface area contributed by atoms with Gasteiger partial charge in [0.2, 0.25) is 10.0 Å². The van der Waals surface area contributed by atoms with Crippen LogP contribution in [0.15, 0.2) is 105 Å². The molecule has 0 bridgehead atoms. The van der Waals surface area contributed by atoms with Gasteiger partial charge in [0.25, 0.3) is 5.91 Å². The molecule has 5 rings (SSSR count). The summed E-state index contributed by atoms with van der Waals surface area (Å²) in [7, 11) is -2.75. The van der Waals surface area contributed by atoms with Crippen LogP contribution in [0.25, 0.3) is 6.08 Å². The zero-order valence-electron chi connectivity index (χ0n) is 24.4. The molecule has 1 aliphatic rings. The summed E-state index contributed by atoms with van der Waals surface area (Å²) in [6.07, 6.45) is 1.42. The maximum Gasteiger partial charge on any atom is 0.340 e. The van der Waals surface area contributed by atoms with E-state index < -0.39 is 21.9 Å². The first kappa shape index (κ1) is 32.5. The Bertz CT molecular complexity index is 1930. The Labute approximate surface area is 276 Å². The van der Waals surface area contributed by atoms with E-state index in [-0.39, 0.29) is 34.9 Å². The molecule has 0 saturated heterocycles. The summed E-state index contributed by atoms with van der Waals surface area (Å²) < 4.78 is 39.8. The zero-order chi connectivity index (χ0) is 32.5. The van der Waals surface area contributed by atoms with E-state index in [4.69, 9.17) is 44.0 Å². The molecule has 0 N–H and O–H groups in total. The number of benzene rings is 3. The van der Waals surface area contributed by atoms with E-state index in [1.54, 1.807) is 31.2 Å². The molecule has 8 nitrogen and oxygen atoms in total. The van der Waals surface area contributed by atoms with Gasteiger partial charge in [-0.15, -0.1) is 0 Å². The smallest absolute Gasteiger partial charge is 0.340 e. The summed E-state index contributed by atoms with van der Waals surface area (Å²) in [6.45, 7) is 3.53. The highest BCUT2D eigenvalue weighted by Gasteiger charge is 2.38. The molecule has 0 unspecified atom stereocenters. The van der Waals surface area contributed by atoms with Crippen LogP contribution in [-0.4, -0.2) is 31.7 Å². The molecule has 4 aromatic rings. The van der Waals surface area contributed by atoms with Crippen molar-refractivity contribution < 1.29 is 27.2 Å². The highest BCUT2D eigenvalue weighted by Crippen LogP contribution is 2.38. The molecular weight excluding hydrogens is 659 g/mol. The highest BCUT2D eigenvalue weighted by atomic mass is 35.5. The predicted molar refractivity (Wildman–Crippen MR) is 174 cm³/mol. The van der Waals surface area contributed by atoms with Crippen molar-refractivity contribution in [3.05, 3.63) is 133 Å². The van der Waals surface area contributed by atoms with Crippen LogP contribution in [0.3, 0.4) is 0 Å². The molecule has 0 aliphatic carbocycles. The van der Waals surface area contributed by atoms with Gasteiger partial charge in [-0.1, -0.05) is 64.6 Å². The minimum absolute atomic E-state index is 0.0293. The van der Waals surface area contributed by atoms with Gasteiger partial charge >= 0.3 is 5.97 Å². The number of amides is 1. The van der Waals surface area contributed by atoms with E-state index in [1.807, 2.05) is 31.2 Å². The first-order chi connectivity index (χ1) is 21.4. The third-order valence-electron chi connectivity index (χ3n) is 7.13. The number of rotatable bonds is 9. The van der Waals surface area contributed by atoms with Gasteiger partial charge < -0.3 is 9.15 Å². The van der Waals surface area contributed by atoms with E-state index >= 15 is 0 Å². The molecule has 3 aromatic carbocycles. The second kappa shape index (κ2) is 13.2. The zero-order valence-corrected chi connectivity index (χ0v) is 27.5. The van der Waals surface area contributed by atoms with Crippen molar-refractivity contribution >= 4 is 68.5 Å². The summed E-state index contributed by atoms with van der Waals surface area (Å²) in [5.74, 6) is -0.688. The number of ether oxygens (including phenoxy) is 1. The van der Waals surface area contributed by atoms with Crippen LogP contribution in [0.1, 0.15) is 29.6 Å². The van der Waals surface area contributed by atoms with E-state index in [2.05, 4.69) is 0 Å². The van der Waals surface area contributed by atoms with Crippen molar-refractivity contribution in [3.63, 3.8) is 0 Å². The second-order valence-corrected chi connectivity index (χ2v) is 13.5. The van der Waals surface area contributed by atoms with Crippen LogP contribution in [0.2, 0.25) is 15.1 Å². The Morgan fingerprint density at radius 2 is 1.53 bits per heavy atom. The van der Waals surface area contributed by atoms with Crippen LogP contribution in [-0.2, 0) is 37.4 Å². The van der Waals surface area contributed by atoms with Crippen molar-refractivity contribution in [2.75, 3.05) is 12.0 Å². The number of carbonyl (C=O) groups is 2. The molecule has 1 aliphatic heterocycles. The van der Waals surface area contributed by atoms with Gasteiger partial charge in [-0.05, 0) is 80.1 Å². The van der Waals surface area contributed by atoms with Gasteiger partial charge in [0.15, 0.2) is 0 Å². The summed E-state index contributed by atoms with van der Waals surface area (Å²) in [5.41, 5.74) is 2.60. The summed E-state index contributed by atoms with van der Waals surface area (Å²) >= 11 is 18.4. The first-order valence-electron chi connectivity index (χ1n) is 13.6. The van der Waals surface area contributed by atoms with Crippen LogP contribution in [0.4, 0.5) is 5.69 Å². The topological polar surface area (TPSA) is 97.1 Å². The minimum Gasteiger partial charge on any atom is -0.465 e. The monoisotopic (exact) mass is 684 g/mol.